The summed E-state index contributed by atoms with van der Waals surface area (Å²) in [6.07, 6.45) is 0.392. The van der Waals surface area contributed by atoms with Gasteiger partial charge >= 0.3 is 12.0 Å². The molecule has 104 valence electrons. The minimum Gasteiger partial charge on any atom is -0.481 e. The molecular formula is C11H15N3O5. The molecule has 0 radical (unpaired) electrons. The molecule has 2 saturated heterocycles. The highest BCUT2D eigenvalue weighted by molar-refractivity contribution is 6.03. The van der Waals surface area contributed by atoms with Crippen molar-refractivity contribution in [2.75, 3.05) is 19.6 Å². The molecule has 2 heterocycles. The third-order valence-electron chi connectivity index (χ3n) is 3.48. The van der Waals surface area contributed by atoms with E-state index in [0.29, 0.717) is 13.0 Å². The molecule has 4 amide bonds. The minimum atomic E-state index is -0.934. The highest BCUT2D eigenvalue weighted by Crippen LogP contribution is 2.19. The second-order valence-electron chi connectivity index (χ2n) is 4.77. The van der Waals surface area contributed by atoms with Crippen molar-refractivity contribution < 1.29 is 24.3 Å². The van der Waals surface area contributed by atoms with E-state index in [1.54, 1.807) is 0 Å². The van der Waals surface area contributed by atoms with Crippen molar-refractivity contribution in [2.24, 2.45) is 5.92 Å². The molecule has 2 atom stereocenters. The molecule has 0 aromatic heterocycles. The van der Waals surface area contributed by atoms with Crippen LogP contribution in [0.25, 0.3) is 0 Å². The van der Waals surface area contributed by atoms with Crippen LogP contribution in [-0.4, -0.2) is 64.4 Å². The van der Waals surface area contributed by atoms with Crippen molar-refractivity contribution in [3.63, 3.8) is 0 Å². The summed E-state index contributed by atoms with van der Waals surface area (Å²) in [7, 11) is 0. The van der Waals surface area contributed by atoms with Crippen molar-refractivity contribution in [3.8, 4) is 0 Å². The van der Waals surface area contributed by atoms with Crippen LogP contribution in [0, 0.1) is 5.92 Å². The van der Waals surface area contributed by atoms with Crippen LogP contribution in [-0.2, 0) is 14.4 Å². The number of amides is 4. The number of hydrogen-bond donors (Lipinski definition) is 2. The third-order valence-corrected chi connectivity index (χ3v) is 3.48. The number of nitrogens with one attached hydrogen (secondary N) is 1. The van der Waals surface area contributed by atoms with Gasteiger partial charge < -0.3 is 14.9 Å². The number of carboxylic acids is 1. The summed E-state index contributed by atoms with van der Waals surface area (Å²) >= 11 is 0. The fraction of sp³-hybridized carbons (Fsp3) is 0.636. The lowest BCUT2D eigenvalue weighted by Gasteiger charge is -2.34. The Morgan fingerprint density at radius 3 is 2.63 bits per heavy atom. The van der Waals surface area contributed by atoms with Gasteiger partial charge in [-0.1, -0.05) is 0 Å². The topological polar surface area (TPSA) is 107 Å². The van der Waals surface area contributed by atoms with Gasteiger partial charge in [-0.25, -0.2) is 4.79 Å². The summed E-state index contributed by atoms with van der Waals surface area (Å²) in [5.41, 5.74) is 0. The molecule has 0 aromatic carbocycles. The van der Waals surface area contributed by atoms with Crippen molar-refractivity contribution in [3.05, 3.63) is 0 Å². The summed E-state index contributed by atoms with van der Waals surface area (Å²) < 4.78 is 0. The molecule has 0 spiro atoms. The van der Waals surface area contributed by atoms with Crippen LogP contribution in [0.5, 0.6) is 0 Å². The van der Waals surface area contributed by atoms with Crippen molar-refractivity contribution >= 4 is 23.8 Å². The van der Waals surface area contributed by atoms with E-state index in [1.807, 2.05) is 0 Å². The molecule has 0 bridgehead atoms. The normalized spacial score (nSPS) is 27.4. The number of hydrogen-bond acceptors (Lipinski definition) is 4. The van der Waals surface area contributed by atoms with Crippen molar-refractivity contribution in [1.82, 2.24) is 15.1 Å². The van der Waals surface area contributed by atoms with E-state index < -0.39 is 35.8 Å². The van der Waals surface area contributed by atoms with Gasteiger partial charge in [0.1, 0.15) is 12.6 Å². The number of nitrogens with zero attached hydrogens (tertiary/aromatic N) is 2. The van der Waals surface area contributed by atoms with E-state index in [2.05, 4.69) is 5.32 Å². The summed E-state index contributed by atoms with van der Waals surface area (Å²) in [5, 5.41) is 11.0. The molecule has 2 fully saturated rings. The molecule has 2 aliphatic rings. The Bertz CT molecular complexity index is 450. The summed E-state index contributed by atoms with van der Waals surface area (Å²) in [4.78, 5) is 48.3. The number of aliphatic carboxylic acids is 1. The molecule has 8 heteroatoms. The standard InChI is InChI=1S/C11H15N3O5/c1-6-9(16)12-8(15)5-14(6)11(19)13-3-2-7(4-13)10(17)18/h6-7H,2-5H2,1H3,(H,17,18)(H,12,15,16). The van der Waals surface area contributed by atoms with Crippen LogP contribution < -0.4 is 5.32 Å². The first-order valence-electron chi connectivity index (χ1n) is 6.02. The van der Waals surface area contributed by atoms with Gasteiger partial charge in [-0.15, -0.1) is 0 Å². The Hall–Kier alpha value is -2.12. The number of carboxylic acid groups (broad SMARTS) is 1. The summed E-state index contributed by atoms with van der Waals surface area (Å²) in [5.74, 6) is -2.55. The largest absolute Gasteiger partial charge is 0.481 e. The first-order chi connectivity index (χ1) is 8.90. The van der Waals surface area contributed by atoms with Gasteiger partial charge in [-0.3, -0.25) is 19.7 Å². The van der Waals surface area contributed by atoms with E-state index in [-0.39, 0.29) is 13.1 Å². The average molecular weight is 269 g/mol. The maximum absolute atomic E-state index is 12.2. The van der Waals surface area contributed by atoms with Crippen LogP contribution >= 0.6 is 0 Å². The van der Waals surface area contributed by atoms with Gasteiger partial charge in [0, 0.05) is 13.1 Å². The van der Waals surface area contributed by atoms with Gasteiger partial charge in [-0.05, 0) is 13.3 Å². The lowest BCUT2D eigenvalue weighted by molar-refractivity contribution is -0.141. The van der Waals surface area contributed by atoms with E-state index >= 15 is 0 Å². The SMILES string of the molecule is CC1C(=O)NC(=O)CN1C(=O)N1CCC(C(=O)O)C1. The number of carbonyl (C=O) groups is 4. The Morgan fingerprint density at radius 1 is 1.37 bits per heavy atom. The summed E-state index contributed by atoms with van der Waals surface area (Å²) in [6, 6.07) is -1.19. The highest BCUT2D eigenvalue weighted by Gasteiger charge is 2.39. The first kappa shape index (κ1) is 13.3. The van der Waals surface area contributed by atoms with Gasteiger partial charge in [-0.2, -0.15) is 0 Å². The predicted molar refractivity (Wildman–Crippen MR) is 62.0 cm³/mol. The zero-order chi connectivity index (χ0) is 14.2. The highest BCUT2D eigenvalue weighted by atomic mass is 16.4. The maximum atomic E-state index is 12.2. The molecule has 2 N–H and O–H groups in total. The Balaban J connectivity index is 2.05. The monoisotopic (exact) mass is 269 g/mol. The minimum absolute atomic E-state index is 0.118. The van der Waals surface area contributed by atoms with Crippen LogP contribution in [0.1, 0.15) is 13.3 Å². The predicted octanol–water partition coefficient (Wildman–Crippen LogP) is -1.14. The lowest BCUT2D eigenvalue weighted by atomic mass is 10.1. The second-order valence-corrected chi connectivity index (χ2v) is 4.77. The first-order valence-corrected chi connectivity index (χ1v) is 6.02. The number of rotatable bonds is 1. The maximum Gasteiger partial charge on any atom is 0.321 e. The third kappa shape index (κ3) is 2.51. The van der Waals surface area contributed by atoms with Crippen molar-refractivity contribution in [2.45, 2.75) is 19.4 Å². The fourth-order valence-electron chi connectivity index (χ4n) is 2.27. The van der Waals surface area contributed by atoms with Crippen LogP contribution in [0.3, 0.4) is 0 Å². The molecule has 19 heavy (non-hydrogen) atoms. The average Bonchev–Trinajstić information content (AvgIpc) is 2.82. The van der Waals surface area contributed by atoms with E-state index in [1.165, 1.54) is 16.7 Å². The van der Waals surface area contributed by atoms with Gasteiger partial charge in [0.25, 0.3) is 0 Å². The Labute approximate surface area is 109 Å². The molecule has 8 nitrogen and oxygen atoms in total. The van der Waals surface area contributed by atoms with Crippen LogP contribution in [0.2, 0.25) is 0 Å². The van der Waals surface area contributed by atoms with Crippen LogP contribution in [0.4, 0.5) is 4.79 Å². The number of carbonyl (C=O) groups excluding carboxylic acids is 3. The van der Waals surface area contributed by atoms with E-state index in [9.17, 15) is 19.2 Å². The van der Waals surface area contributed by atoms with E-state index in [4.69, 9.17) is 5.11 Å². The Morgan fingerprint density at radius 2 is 2.05 bits per heavy atom. The van der Waals surface area contributed by atoms with Gasteiger partial charge in [0.2, 0.25) is 11.8 Å². The quantitative estimate of drug-likeness (QED) is 0.585. The van der Waals surface area contributed by atoms with E-state index in [0.717, 1.165) is 0 Å². The zero-order valence-electron chi connectivity index (χ0n) is 10.5. The van der Waals surface area contributed by atoms with Gasteiger partial charge in [0.05, 0.1) is 5.92 Å². The summed E-state index contributed by atoms with van der Waals surface area (Å²) in [6.45, 7) is 1.80. The fourth-order valence-corrected chi connectivity index (χ4v) is 2.27. The molecule has 0 aliphatic carbocycles. The molecule has 2 aliphatic heterocycles. The Kier molecular flexibility index (Phi) is 3.41. The molecule has 0 saturated carbocycles. The lowest BCUT2D eigenvalue weighted by Crippen LogP contribution is -2.60. The number of piperazine rings is 1. The van der Waals surface area contributed by atoms with Gasteiger partial charge in [0.15, 0.2) is 0 Å². The zero-order valence-corrected chi connectivity index (χ0v) is 10.5. The van der Waals surface area contributed by atoms with Crippen LogP contribution in [0.15, 0.2) is 0 Å². The molecule has 2 rings (SSSR count). The van der Waals surface area contributed by atoms with Crippen molar-refractivity contribution in [1.29, 1.82) is 0 Å². The smallest absolute Gasteiger partial charge is 0.321 e. The second kappa shape index (κ2) is 4.87. The molecule has 2 unspecified atom stereocenters. The molecular weight excluding hydrogens is 254 g/mol. The molecule has 0 aromatic rings. The number of urea groups is 1. The number of likely N-dealkylation sites (tertiary alicyclic amines) is 1. The number of imide groups is 1.